The second-order valence-electron chi connectivity index (χ2n) is 4.78. The Morgan fingerprint density at radius 2 is 2.12 bits per heavy atom. The van der Waals surface area contributed by atoms with Crippen LogP contribution >= 0.6 is 22.9 Å². The molecule has 128 valence electrons. The van der Waals surface area contributed by atoms with Gasteiger partial charge >= 0.3 is 5.97 Å². The zero-order valence-electron chi connectivity index (χ0n) is 12.8. The number of ether oxygens (including phenoxy) is 1. The fourth-order valence-corrected chi connectivity index (χ4v) is 2.66. The lowest BCUT2D eigenvalue weighted by Crippen LogP contribution is -2.14. The summed E-state index contributed by atoms with van der Waals surface area (Å²) in [5.41, 5.74) is 5.81. The Morgan fingerprint density at radius 3 is 2.88 bits per heavy atom. The van der Waals surface area contributed by atoms with Crippen molar-refractivity contribution in [3.63, 3.8) is 0 Å². The molecule has 3 rings (SSSR count). The third kappa shape index (κ3) is 4.37. The number of thiophene rings is 1. The first-order valence-corrected chi connectivity index (χ1v) is 8.39. The van der Waals surface area contributed by atoms with Crippen LogP contribution in [0.5, 0.6) is 5.75 Å². The molecular weight excluding hydrogens is 364 g/mol. The summed E-state index contributed by atoms with van der Waals surface area (Å²) in [4.78, 5) is 17.5. The van der Waals surface area contributed by atoms with Gasteiger partial charge in [0.25, 0.3) is 0 Å². The zero-order valence-corrected chi connectivity index (χ0v) is 14.4. The molecule has 2 N–H and O–H groups in total. The predicted molar refractivity (Wildman–Crippen MR) is 94.8 cm³/mol. The highest BCUT2D eigenvalue weighted by atomic mass is 35.5. The van der Waals surface area contributed by atoms with Gasteiger partial charge in [0.2, 0.25) is 0 Å². The number of amidine groups is 1. The molecule has 0 amide bonds. The molecule has 0 unspecified atom stereocenters. The fourth-order valence-electron chi connectivity index (χ4n) is 1.85. The van der Waals surface area contributed by atoms with E-state index >= 15 is 0 Å². The number of carbonyl (C=O) groups is 1. The lowest BCUT2D eigenvalue weighted by Gasteiger charge is -2.07. The summed E-state index contributed by atoms with van der Waals surface area (Å²) in [6.45, 7) is 0.0949. The molecule has 0 radical (unpaired) electrons. The zero-order chi connectivity index (χ0) is 17.6. The van der Waals surface area contributed by atoms with Crippen LogP contribution < -0.4 is 10.5 Å². The van der Waals surface area contributed by atoms with E-state index in [0.717, 1.165) is 0 Å². The van der Waals surface area contributed by atoms with Crippen LogP contribution in [-0.4, -0.2) is 21.6 Å². The minimum atomic E-state index is -0.712. The number of oxime groups is 1. The number of benzene rings is 1. The van der Waals surface area contributed by atoms with Crippen LogP contribution in [0, 0.1) is 0 Å². The molecule has 0 aliphatic rings. The first-order chi connectivity index (χ1) is 12.1. The molecule has 0 aliphatic heterocycles. The average Bonchev–Trinajstić information content (AvgIpc) is 3.30. The third-order valence-corrected chi connectivity index (χ3v) is 4.24. The van der Waals surface area contributed by atoms with Crippen LogP contribution in [0.15, 0.2) is 59.2 Å². The number of nitrogens with two attached hydrogens (primary N) is 1. The van der Waals surface area contributed by atoms with E-state index in [-0.39, 0.29) is 18.3 Å². The number of nitrogens with zero attached hydrogens (tertiary/aromatic N) is 3. The molecule has 7 nitrogen and oxygen atoms in total. The normalized spacial score (nSPS) is 11.3. The third-order valence-electron chi connectivity index (χ3n) is 3.04. The number of hydrogen-bond donors (Lipinski definition) is 1. The Morgan fingerprint density at radius 1 is 1.28 bits per heavy atom. The van der Waals surface area contributed by atoms with Gasteiger partial charge in [0.1, 0.15) is 5.75 Å². The lowest BCUT2D eigenvalue weighted by molar-refractivity contribution is 0.0507. The quantitative estimate of drug-likeness (QED) is 0.309. The van der Waals surface area contributed by atoms with E-state index in [1.54, 1.807) is 30.5 Å². The smallest absolute Gasteiger partial charge is 0.385 e. The Bertz CT molecular complexity index is 892. The Balaban J connectivity index is 1.58. The molecule has 25 heavy (non-hydrogen) atoms. The van der Waals surface area contributed by atoms with E-state index in [2.05, 4.69) is 10.3 Å². The molecule has 3 aromatic rings. The molecule has 0 aliphatic carbocycles. The highest BCUT2D eigenvalue weighted by Crippen LogP contribution is 2.23. The summed E-state index contributed by atoms with van der Waals surface area (Å²) in [5, 5.41) is 10.0. The van der Waals surface area contributed by atoms with Gasteiger partial charge in [-0.3, -0.25) is 0 Å². The summed E-state index contributed by atoms with van der Waals surface area (Å²) in [5.74, 6) is -0.0575. The molecular formula is C16H13ClN4O3S. The van der Waals surface area contributed by atoms with E-state index < -0.39 is 5.97 Å². The van der Waals surface area contributed by atoms with Crippen molar-refractivity contribution < 1.29 is 14.4 Å². The summed E-state index contributed by atoms with van der Waals surface area (Å²) >= 11 is 7.40. The van der Waals surface area contributed by atoms with Gasteiger partial charge in [0.05, 0.1) is 9.90 Å². The minimum absolute atomic E-state index is 0.0884. The molecule has 2 heterocycles. The number of para-hydroxylation sites is 1. The van der Waals surface area contributed by atoms with Gasteiger partial charge in [0, 0.05) is 6.20 Å². The molecule has 0 spiro atoms. The van der Waals surface area contributed by atoms with Crippen LogP contribution in [0.4, 0.5) is 0 Å². The van der Waals surface area contributed by atoms with E-state index in [1.807, 2.05) is 17.5 Å². The van der Waals surface area contributed by atoms with Gasteiger partial charge in [-0.1, -0.05) is 35.0 Å². The SMILES string of the molecule is N/C(=N\OC(=O)c1ccn(COc2ccccc2Cl)n1)c1cccs1. The van der Waals surface area contributed by atoms with Crippen LogP contribution in [0.2, 0.25) is 5.02 Å². The van der Waals surface area contributed by atoms with Crippen molar-refractivity contribution in [1.29, 1.82) is 0 Å². The maximum Gasteiger partial charge on any atom is 0.385 e. The fraction of sp³-hybridized carbons (Fsp3) is 0.0625. The largest absolute Gasteiger partial charge is 0.470 e. The van der Waals surface area contributed by atoms with Crippen LogP contribution in [0.1, 0.15) is 15.4 Å². The molecule has 2 aromatic heterocycles. The molecule has 0 bridgehead atoms. The number of carbonyl (C=O) groups excluding carboxylic acids is 1. The summed E-state index contributed by atoms with van der Waals surface area (Å²) in [7, 11) is 0. The second-order valence-corrected chi connectivity index (χ2v) is 6.13. The summed E-state index contributed by atoms with van der Waals surface area (Å²) in [6.07, 6.45) is 1.58. The first-order valence-electron chi connectivity index (χ1n) is 7.13. The molecule has 1 aromatic carbocycles. The molecule has 9 heteroatoms. The van der Waals surface area contributed by atoms with E-state index in [4.69, 9.17) is 26.9 Å². The van der Waals surface area contributed by atoms with Gasteiger partial charge < -0.3 is 15.3 Å². The first kappa shape index (κ1) is 17.0. The van der Waals surface area contributed by atoms with Gasteiger partial charge in [-0.25, -0.2) is 9.48 Å². The lowest BCUT2D eigenvalue weighted by atomic mass is 10.3. The number of halogens is 1. The number of hydrogen-bond acceptors (Lipinski definition) is 6. The summed E-state index contributed by atoms with van der Waals surface area (Å²) < 4.78 is 6.97. The van der Waals surface area contributed by atoms with Crippen molar-refractivity contribution >= 4 is 34.7 Å². The topological polar surface area (TPSA) is 91.7 Å². The van der Waals surface area contributed by atoms with Crippen LogP contribution in [-0.2, 0) is 11.6 Å². The van der Waals surface area contributed by atoms with Crippen molar-refractivity contribution in [3.05, 3.63) is 69.6 Å². The maximum absolute atomic E-state index is 11.9. The predicted octanol–water partition coefficient (Wildman–Crippen LogP) is 3.11. The van der Waals surface area contributed by atoms with Crippen molar-refractivity contribution in [2.45, 2.75) is 6.73 Å². The second kappa shape index (κ2) is 7.82. The van der Waals surface area contributed by atoms with Crippen molar-refractivity contribution in [2.24, 2.45) is 10.9 Å². The highest BCUT2D eigenvalue weighted by molar-refractivity contribution is 7.12. The number of rotatable bonds is 6. The average molecular weight is 377 g/mol. The van der Waals surface area contributed by atoms with Gasteiger partial charge in [-0.2, -0.15) is 5.10 Å². The van der Waals surface area contributed by atoms with Gasteiger partial charge in [-0.05, 0) is 29.6 Å². The minimum Gasteiger partial charge on any atom is -0.470 e. The van der Waals surface area contributed by atoms with Crippen molar-refractivity contribution in [3.8, 4) is 5.75 Å². The standard InChI is InChI=1S/C16H13ClN4O3S/c17-11-4-1-2-5-13(11)23-10-21-8-7-12(19-21)16(22)24-20-15(18)14-6-3-9-25-14/h1-9H,10H2,(H2,18,20). The van der Waals surface area contributed by atoms with Gasteiger partial charge in [0.15, 0.2) is 18.3 Å². The molecule has 0 saturated carbocycles. The van der Waals surface area contributed by atoms with E-state index in [9.17, 15) is 4.79 Å². The molecule has 0 saturated heterocycles. The van der Waals surface area contributed by atoms with E-state index in [0.29, 0.717) is 15.6 Å². The Labute approximate surface area is 152 Å². The molecule has 0 fully saturated rings. The van der Waals surface area contributed by atoms with E-state index in [1.165, 1.54) is 22.1 Å². The molecule has 0 atom stereocenters. The van der Waals surface area contributed by atoms with Gasteiger partial charge in [-0.15, -0.1) is 11.3 Å². The monoisotopic (exact) mass is 376 g/mol. The Kier molecular flexibility index (Phi) is 5.32. The highest BCUT2D eigenvalue weighted by Gasteiger charge is 2.12. The van der Waals surface area contributed by atoms with Crippen LogP contribution in [0.25, 0.3) is 0 Å². The van der Waals surface area contributed by atoms with Crippen molar-refractivity contribution in [2.75, 3.05) is 0 Å². The Hall–Kier alpha value is -2.84. The maximum atomic E-state index is 11.9. The summed E-state index contributed by atoms with van der Waals surface area (Å²) in [6, 6.07) is 12.2. The van der Waals surface area contributed by atoms with Crippen molar-refractivity contribution in [1.82, 2.24) is 9.78 Å². The number of aromatic nitrogens is 2. The van der Waals surface area contributed by atoms with Crippen LogP contribution in [0.3, 0.4) is 0 Å².